The largest absolute Gasteiger partial charge is 0.393 e. The van der Waals surface area contributed by atoms with Crippen LogP contribution in [0.5, 0.6) is 0 Å². The first-order valence-electron chi connectivity index (χ1n) is 14.4. The predicted octanol–water partition coefficient (Wildman–Crippen LogP) is 8.12. The van der Waals surface area contributed by atoms with Gasteiger partial charge in [-0.2, -0.15) is 0 Å². The molecule has 0 aromatic carbocycles. The predicted molar refractivity (Wildman–Crippen MR) is 148 cm³/mol. The Labute approximate surface area is 225 Å². The van der Waals surface area contributed by atoms with Gasteiger partial charge in [-0.3, -0.25) is 4.79 Å². The number of rotatable bonds is 6. The number of amides is 1. The minimum absolute atomic E-state index is 0.0602. The van der Waals surface area contributed by atoms with E-state index in [0.717, 1.165) is 46.7 Å². The molecule has 5 heteroatoms. The Morgan fingerprint density at radius 2 is 1.86 bits per heavy atom. The maximum absolute atomic E-state index is 13.1. The molecule has 0 saturated heterocycles. The lowest BCUT2D eigenvalue weighted by Crippen LogP contribution is -2.54. The normalized spacial score (nSPS) is 42.5. The van der Waals surface area contributed by atoms with Crippen molar-refractivity contribution in [2.75, 3.05) is 0 Å². The number of fused-ring (bicyclic) bond motifs is 5. The number of hydrogen-bond acceptors (Lipinski definition) is 3. The van der Waals surface area contributed by atoms with Crippen LogP contribution in [0.3, 0.4) is 0 Å². The van der Waals surface area contributed by atoms with Crippen LogP contribution in [0.15, 0.2) is 15.9 Å². The van der Waals surface area contributed by atoms with Gasteiger partial charge in [-0.15, -0.1) is 11.3 Å². The number of aliphatic hydroxyl groups is 1. The Balaban J connectivity index is 1.24. The third-order valence-corrected chi connectivity index (χ3v) is 13.3. The molecule has 1 heterocycles. The van der Waals surface area contributed by atoms with Crippen molar-refractivity contribution in [3.05, 3.63) is 20.8 Å². The molecule has 10 atom stereocenters. The van der Waals surface area contributed by atoms with E-state index in [0.29, 0.717) is 29.1 Å². The maximum Gasteiger partial charge on any atom is 0.220 e. The highest BCUT2D eigenvalue weighted by Gasteiger charge is 2.60. The smallest absolute Gasteiger partial charge is 0.220 e. The average Bonchev–Trinajstić information content (AvgIpc) is 3.40. The summed E-state index contributed by atoms with van der Waals surface area (Å²) < 4.78 is 1.13. The Bertz CT molecular complexity index is 918. The average molecular weight is 565 g/mol. The second-order valence-electron chi connectivity index (χ2n) is 13.2. The molecule has 5 rings (SSSR count). The van der Waals surface area contributed by atoms with Gasteiger partial charge in [-0.1, -0.05) is 27.7 Å². The van der Waals surface area contributed by atoms with Crippen molar-refractivity contribution in [2.45, 2.75) is 110 Å². The monoisotopic (exact) mass is 563 g/mol. The molecule has 0 radical (unpaired) electrons. The third-order valence-electron chi connectivity index (χ3n) is 11.6. The molecule has 1 aromatic heterocycles. The van der Waals surface area contributed by atoms with E-state index >= 15 is 0 Å². The minimum Gasteiger partial charge on any atom is -0.393 e. The standard InChI is InChI=1S/C30H46BrNO2S/c1-5-25(26-10-11-27(31)35-26)32-28(34)16-18(2)22-8-9-23-21-7-6-19-17-20(33)12-14-29(19,3)24(21)13-15-30(22,23)4/h10-11,18-25,33H,5-9,12-17H2,1-4H3,(H,32,34)/t18-,19-,20-,21+,22?,23+,24+,25-,29+,30-/m1/s1. The second kappa shape index (κ2) is 10.1. The number of carbonyl (C=O) groups is 1. The molecule has 1 aromatic rings. The summed E-state index contributed by atoms with van der Waals surface area (Å²) in [6, 6.07) is 4.34. The van der Waals surface area contributed by atoms with Gasteiger partial charge in [0.15, 0.2) is 0 Å². The van der Waals surface area contributed by atoms with Crippen LogP contribution in [0.4, 0.5) is 0 Å². The van der Waals surface area contributed by atoms with Gasteiger partial charge in [0.2, 0.25) is 5.91 Å². The molecule has 3 nitrogen and oxygen atoms in total. The van der Waals surface area contributed by atoms with E-state index in [2.05, 4.69) is 61.1 Å². The number of hydrogen-bond donors (Lipinski definition) is 2. The quantitative estimate of drug-likeness (QED) is 0.367. The van der Waals surface area contributed by atoms with Crippen molar-refractivity contribution in [3.63, 3.8) is 0 Å². The van der Waals surface area contributed by atoms with Crippen molar-refractivity contribution in [1.82, 2.24) is 5.32 Å². The first kappa shape index (κ1) is 26.2. The SMILES string of the molecule is CC[C@@H](NC(=O)C[C@@H](C)C1CC[C@H]2[C@@H]3CC[C@@H]4C[C@H](O)CC[C@]4(C)[C@H]3CC[C@]12C)c1ccc(Br)s1. The van der Waals surface area contributed by atoms with Gasteiger partial charge in [0.1, 0.15) is 0 Å². The Kier molecular flexibility index (Phi) is 7.54. The summed E-state index contributed by atoms with van der Waals surface area (Å²) in [5, 5.41) is 13.7. The van der Waals surface area contributed by atoms with Crippen LogP contribution in [0.25, 0.3) is 0 Å². The molecule has 4 aliphatic carbocycles. The lowest BCUT2D eigenvalue weighted by molar-refractivity contribution is -0.131. The van der Waals surface area contributed by atoms with Crippen molar-refractivity contribution in [2.24, 2.45) is 46.3 Å². The van der Waals surface area contributed by atoms with Gasteiger partial charge in [0.25, 0.3) is 0 Å². The lowest BCUT2D eigenvalue weighted by Gasteiger charge is -2.61. The molecule has 4 saturated carbocycles. The van der Waals surface area contributed by atoms with E-state index in [1.165, 1.54) is 49.8 Å². The summed E-state index contributed by atoms with van der Waals surface area (Å²) in [4.78, 5) is 14.4. The molecular weight excluding hydrogens is 518 g/mol. The Morgan fingerprint density at radius 1 is 1.11 bits per heavy atom. The number of carbonyl (C=O) groups excluding carboxylic acids is 1. The van der Waals surface area contributed by atoms with E-state index in [-0.39, 0.29) is 18.1 Å². The molecule has 0 spiro atoms. The highest BCUT2D eigenvalue weighted by molar-refractivity contribution is 9.11. The number of nitrogens with one attached hydrogen (secondary N) is 1. The van der Waals surface area contributed by atoms with Gasteiger partial charge < -0.3 is 10.4 Å². The summed E-state index contributed by atoms with van der Waals surface area (Å²) in [5.41, 5.74) is 0.833. The molecular formula is C30H46BrNO2S. The van der Waals surface area contributed by atoms with Gasteiger partial charge in [0, 0.05) is 11.3 Å². The van der Waals surface area contributed by atoms with Crippen LogP contribution in [0.2, 0.25) is 0 Å². The van der Waals surface area contributed by atoms with Crippen LogP contribution < -0.4 is 5.32 Å². The molecule has 0 bridgehead atoms. The van der Waals surface area contributed by atoms with Gasteiger partial charge >= 0.3 is 0 Å². The molecule has 2 N–H and O–H groups in total. The summed E-state index contributed by atoms with van der Waals surface area (Å²) in [5.74, 6) is 4.58. The van der Waals surface area contributed by atoms with Crippen molar-refractivity contribution < 1.29 is 9.90 Å². The van der Waals surface area contributed by atoms with Crippen molar-refractivity contribution in [3.8, 4) is 0 Å². The zero-order chi connectivity index (χ0) is 25.0. The molecule has 0 aliphatic heterocycles. The fraction of sp³-hybridized carbons (Fsp3) is 0.833. The fourth-order valence-corrected chi connectivity index (χ4v) is 11.3. The number of halogens is 1. The van der Waals surface area contributed by atoms with E-state index in [9.17, 15) is 9.90 Å². The highest BCUT2D eigenvalue weighted by atomic mass is 79.9. The van der Waals surface area contributed by atoms with E-state index < -0.39 is 0 Å². The summed E-state index contributed by atoms with van der Waals surface area (Å²) in [6.07, 6.45) is 12.8. The molecule has 4 aliphatic rings. The molecule has 1 unspecified atom stereocenters. The van der Waals surface area contributed by atoms with Crippen LogP contribution in [-0.4, -0.2) is 17.1 Å². The van der Waals surface area contributed by atoms with Crippen molar-refractivity contribution >= 4 is 33.2 Å². The van der Waals surface area contributed by atoms with Gasteiger partial charge in [0.05, 0.1) is 15.9 Å². The zero-order valence-corrected chi connectivity index (χ0v) is 24.6. The van der Waals surface area contributed by atoms with E-state index in [1.54, 1.807) is 11.3 Å². The molecule has 1 amide bonds. The van der Waals surface area contributed by atoms with Crippen LogP contribution in [-0.2, 0) is 4.79 Å². The van der Waals surface area contributed by atoms with Crippen LogP contribution in [0.1, 0.15) is 109 Å². The Hall–Kier alpha value is -0.390. The third kappa shape index (κ3) is 4.69. The van der Waals surface area contributed by atoms with E-state index in [1.807, 2.05) is 0 Å². The minimum atomic E-state index is -0.0602. The summed E-state index contributed by atoms with van der Waals surface area (Å²) in [6.45, 7) is 9.69. The van der Waals surface area contributed by atoms with Gasteiger partial charge in [-0.25, -0.2) is 0 Å². The molecule has 196 valence electrons. The summed E-state index contributed by atoms with van der Waals surface area (Å²) in [7, 11) is 0. The Morgan fingerprint density at radius 3 is 2.57 bits per heavy atom. The fourth-order valence-electron chi connectivity index (χ4n) is 9.79. The number of aliphatic hydroxyl groups excluding tert-OH is 1. The molecule has 35 heavy (non-hydrogen) atoms. The second-order valence-corrected chi connectivity index (χ2v) is 15.7. The first-order chi connectivity index (χ1) is 16.7. The topological polar surface area (TPSA) is 49.3 Å². The van der Waals surface area contributed by atoms with Gasteiger partial charge in [-0.05, 0) is 139 Å². The highest BCUT2D eigenvalue weighted by Crippen LogP contribution is 2.68. The summed E-state index contributed by atoms with van der Waals surface area (Å²) >= 11 is 5.29. The van der Waals surface area contributed by atoms with Crippen LogP contribution in [0, 0.1) is 46.3 Å². The number of thiophene rings is 1. The van der Waals surface area contributed by atoms with Crippen molar-refractivity contribution in [1.29, 1.82) is 0 Å². The van der Waals surface area contributed by atoms with Crippen LogP contribution >= 0.6 is 27.3 Å². The first-order valence-corrected chi connectivity index (χ1v) is 16.0. The zero-order valence-electron chi connectivity index (χ0n) is 22.2. The van der Waals surface area contributed by atoms with E-state index in [4.69, 9.17) is 0 Å². The lowest BCUT2D eigenvalue weighted by atomic mass is 9.44. The molecule has 4 fully saturated rings. The maximum atomic E-state index is 13.1.